The smallest absolute Gasteiger partial charge is 0.212 e. The molecule has 4 nitrogen and oxygen atoms in total. The summed E-state index contributed by atoms with van der Waals surface area (Å²) in [6.07, 6.45) is 4.18. The van der Waals surface area contributed by atoms with Gasteiger partial charge in [-0.05, 0) is 45.1 Å². The van der Waals surface area contributed by atoms with Gasteiger partial charge >= 0.3 is 0 Å². The maximum absolute atomic E-state index is 11.8. The topological polar surface area (TPSA) is 58.2 Å². The van der Waals surface area contributed by atoms with E-state index in [0.29, 0.717) is 11.7 Å². The van der Waals surface area contributed by atoms with Crippen molar-refractivity contribution < 1.29 is 8.42 Å². The van der Waals surface area contributed by atoms with Crippen LogP contribution in [-0.4, -0.2) is 32.8 Å². The Balaban J connectivity index is 1.88. The van der Waals surface area contributed by atoms with E-state index in [4.69, 9.17) is 0 Å². The fourth-order valence-corrected chi connectivity index (χ4v) is 3.91. The maximum Gasteiger partial charge on any atom is 0.212 e. The van der Waals surface area contributed by atoms with Crippen LogP contribution < -0.4 is 10.0 Å². The van der Waals surface area contributed by atoms with E-state index in [1.54, 1.807) is 0 Å². The van der Waals surface area contributed by atoms with Gasteiger partial charge in [-0.1, -0.05) is 0 Å². The third-order valence-corrected chi connectivity index (χ3v) is 4.82. The number of hydrogen-bond donors (Lipinski definition) is 2. The lowest BCUT2D eigenvalue weighted by Gasteiger charge is -2.30. The Hall–Kier alpha value is -0.130. The van der Waals surface area contributed by atoms with Gasteiger partial charge in [-0.15, -0.1) is 0 Å². The van der Waals surface area contributed by atoms with Gasteiger partial charge in [0.25, 0.3) is 0 Å². The third kappa shape index (κ3) is 3.43. The summed E-state index contributed by atoms with van der Waals surface area (Å²) in [6.45, 7) is 3.05. The van der Waals surface area contributed by atoms with Gasteiger partial charge in [0.05, 0.1) is 5.75 Å². The van der Waals surface area contributed by atoms with E-state index in [0.717, 1.165) is 32.2 Å². The molecule has 5 heteroatoms. The largest absolute Gasteiger partial charge is 0.313 e. The minimum atomic E-state index is -3.04. The van der Waals surface area contributed by atoms with E-state index in [1.807, 2.05) is 6.92 Å². The lowest BCUT2D eigenvalue weighted by molar-refractivity contribution is 0.348. The summed E-state index contributed by atoms with van der Waals surface area (Å²) in [7, 11) is -3.04. The van der Waals surface area contributed by atoms with Crippen LogP contribution in [0.25, 0.3) is 0 Å². The molecular weight excluding hydrogens is 212 g/mol. The molecule has 2 N–H and O–H groups in total. The molecule has 0 amide bonds. The summed E-state index contributed by atoms with van der Waals surface area (Å²) in [5.41, 5.74) is 0. The fourth-order valence-electron chi connectivity index (χ4n) is 2.08. The minimum Gasteiger partial charge on any atom is -0.313 e. The van der Waals surface area contributed by atoms with Crippen molar-refractivity contribution in [3.05, 3.63) is 0 Å². The second kappa shape index (κ2) is 4.39. The van der Waals surface area contributed by atoms with Crippen LogP contribution in [0.3, 0.4) is 0 Å². The second-order valence-electron chi connectivity index (χ2n) is 4.83. The Morgan fingerprint density at radius 1 is 1.33 bits per heavy atom. The average Bonchev–Trinajstić information content (AvgIpc) is 2.91. The van der Waals surface area contributed by atoms with Crippen molar-refractivity contribution in [3.63, 3.8) is 0 Å². The molecule has 15 heavy (non-hydrogen) atoms. The van der Waals surface area contributed by atoms with Crippen LogP contribution in [-0.2, 0) is 10.0 Å². The molecule has 0 aromatic carbocycles. The first-order valence-electron chi connectivity index (χ1n) is 5.80. The monoisotopic (exact) mass is 232 g/mol. The number of sulfonamides is 1. The molecular formula is C10H20N2O2S. The molecule has 88 valence electrons. The van der Waals surface area contributed by atoms with Gasteiger partial charge in [0, 0.05) is 12.1 Å². The molecule has 0 radical (unpaired) electrons. The number of nitrogens with one attached hydrogen (secondary N) is 2. The number of piperidine rings is 1. The molecule has 0 bridgehead atoms. The standard InChI is InChI=1S/C10H20N2O2S/c1-8-10(3-2-6-11-8)12-15(13,14)7-9-4-5-9/h8-12H,2-7H2,1H3/t8-,10-/m0/s1. The molecule has 1 heterocycles. The lowest BCUT2D eigenvalue weighted by Crippen LogP contribution is -2.52. The highest BCUT2D eigenvalue weighted by molar-refractivity contribution is 7.89. The molecule has 2 rings (SSSR count). The van der Waals surface area contributed by atoms with Crippen LogP contribution in [0.15, 0.2) is 0 Å². The third-order valence-electron chi connectivity index (χ3n) is 3.24. The maximum atomic E-state index is 11.8. The molecule has 0 aromatic rings. The highest BCUT2D eigenvalue weighted by Gasteiger charge is 2.31. The fraction of sp³-hybridized carbons (Fsp3) is 1.00. The highest BCUT2D eigenvalue weighted by atomic mass is 32.2. The SMILES string of the molecule is C[C@@H]1NCCC[C@@H]1NS(=O)(=O)CC1CC1. The number of rotatable bonds is 4. The van der Waals surface area contributed by atoms with Crippen molar-refractivity contribution in [2.75, 3.05) is 12.3 Å². The normalized spacial score (nSPS) is 32.9. The van der Waals surface area contributed by atoms with Gasteiger partial charge in [-0.25, -0.2) is 13.1 Å². The summed E-state index contributed by atoms with van der Waals surface area (Å²) in [4.78, 5) is 0. The summed E-state index contributed by atoms with van der Waals surface area (Å²) in [6, 6.07) is 0.343. The molecule has 1 aliphatic heterocycles. The van der Waals surface area contributed by atoms with Gasteiger partial charge < -0.3 is 5.32 Å². The van der Waals surface area contributed by atoms with Crippen LogP contribution in [0.1, 0.15) is 32.6 Å². The molecule has 1 aliphatic carbocycles. The first kappa shape index (κ1) is 11.4. The van der Waals surface area contributed by atoms with Crippen LogP contribution in [0, 0.1) is 5.92 Å². The molecule has 2 aliphatic rings. The quantitative estimate of drug-likeness (QED) is 0.740. The zero-order valence-electron chi connectivity index (χ0n) is 9.20. The van der Waals surface area contributed by atoms with E-state index >= 15 is 0 Å². The Labute approximate surface area is 91.9 Å². The van der Waals surface area contributed by atoms with Crippen molar-refractivity contribution in [2.24, 2.45) is 5.92 Å². The van der Waals surface area contributed by atoms with Crippen molar-refractivity contribution in [1.82, 2.24) is 10.0 Å². The van der Waals surface area contributed by atoms with Crippen molar-refractivity contribution in [2.45, 2.75) is 44.7 Å². The zero-order chi connectivity index (χ0) is 10.9. The first-order valence-corrected chi connectivity index (χ1v) is 7.45. The van der Waals surface area contributed by atoms with E-state index in [2.05, 4.69) is 10.0 Å². The lowest BCUT2D eigenvalue weighted by atomic mass is 10.0. The molecule has 1 saturated carbocycles. The molecule has 1 saturated heterocycles. The van der Waals surface area contributed by atoms with Gasteiger partial charge in [-0.3, -0.25) is 0 Å². The van der Waals surface area contributed by atoms with E-state index < -0.39 is 10.0 Å². The van der Waals surface area contributed by atoms with Crippen LogP contribution in [0.2, 0.25) is 0 Å². The van der Waals surface area contributed by atoms with Crippen LogP contribution >= 0.6 is 0 Å². The van der Waals surface area contributed by atoms with Crippen LogP contribution in [0.4, 0.5) is 0 Å². The van der Waals surface area contributed by atoms with Crippen molar-refractivity contribution in [3.8, 4) is 0 Å². The van der Waals surface area contributed by atoms with E-state index in [1.165, 1.54) is 0 Å². The Morgan fingerprint density at radius 3 is 2.67 bits per heavy atom. The van der Waals surface area contributed by atoms with Gasteiger partial charge in [0.2, 0.25) is 10.0 Å². The Morgan fingerprint density at radius 2 is 2.07 bits per heavy atom. The predicted octanol–water partition coefficient (Wildman–Crippen LogP) is 0.456. The molecule has 2 fully saturated rings. The molecule has 2 atom stereocenters. The Bertz CT molecular complexity index is 311. The van der Waals surface area contributed by atoms with Crippen molar-refractivity contribution >= 4 is 10.0 Å². The predicted molar refractivity (Wildman–Crippen MR) is 60.1 cm³/mol. The summed E-state index contributed by atoms with van der Waals surface area (Å²) < 4.78 is 26.3. The molecule has 0 unspecified atom stereocenters. The van der Waals surface area contributed by atoms with E-state index in [9.17, 15) is 8.42 Å². The van der Waals surface area contributed by atoms with Crippen molar-refractivity contribution in [1.29, 1.82) is 0 Å². The first-order chi connectivity index (χ1) is 7.07. The summed E-state index contributed by atoms with van der Waals surface area (Å²) in [5, 5.41) is 3.30. The number of hydrogen-bond acceptors (Lipinski definition) is 3. The second-order valence-corrected chi connectivity index (χ2v) is 6.63. The van der Waals surface area contributed by atoms with Crippen LogP contribution in [0.5, 0.6) is 0 Å². The van der Waals surface area contributed by atoms with Gasteiger partial charge in [0.15, 0.2) is 0 Å². The summed E-state index contributed by atoms with van der Waals surface area (Å²) >= 11 is 0. The van der Waals surface area contributed by atoms with E-state index in [-0.39, 0.29) is 12.1 Å². The summed E-state index contributed by atoms with van der Waals surface area (Å²) in [5.74, 6) is 0.755. The minimum absolute atomic E-state index is 0.0856. The molecule has 0 aromatic heterocycles. The van der Waals surface area contributed by atoms with Gasteiger partial charge in [0.1, 0.15) is 0 Å². The highest BCUT2D eigenvalue weighted by Crippen LogP contribution is 2.30. The molecule has 0 spiro atoms. The van der Waals surface area contributed by atoms with Gasteiger partial charge in [-0.2, -0.15) is 0 Å². The Kier molecular flexibility index (Phi) is 3.33. The average molecular weight is 232 g/mol. The zero-order valence-corrected chi connectivity index (χ0v) is 10.0.